The molecule has 2 aromatic carbocycles. The number of nitrogens with one attached hydrogen (secondary N) is 2. The van der Waals surface area contributed by atoms with Crippen molar-refractivity contribution in [1.82, 2.24) is 15.6 Å². The molecule has 6 nitrogen and oxygen atoms in total. The molecule has 0 fully saturated rings. The van der Waals surface area contributed by atoms with E-state index >= 15 is 0 Å². The van der Waals surface area contributed by atoms with Crippen molar-refractivity contribution in [2.24, 2.45) is 0 Å². The molecule has 1 aromatic heterocycles. The van der Waals surface area contributed by atoms with E-state index in [4.69, 9.17) is 4.42 Å². The van der Waals surface area contributed by atoms with Gasteiger partial charge in [0.1, 0.15) is 0 Å². The minimum atomic E-state index is -0.362. The predicted octanol–water partition coefficient (Wildman–Crippen LogP) is 3.65. The van der Waals surface area contributed by atoms with Gasteiger partial charge in [-0.1, -0.05) is 42.5 Å². The van der Waals surface area contributed by atoms with Crippen LogP contribution in [-0.2, 0) is 4.79 Å². The molecule has 0 unspecified atom stereocenters. The van der Waals surface area contributed by atoms with Crippen molar-refractivity contribution in [2.75, 3.05) is 6.54 Å². The maximum atomic E-state index is 12.6. The van der Waals surface area contributed by atoms with E-state index in [0.29, 0.717) is 22.8 Å². The molecule has 3 rings (SSSR count). The second kappa shape index (κ2) is 8.08. The second-order valence-electron chi connectivity index (χ2n) is 7.42. The summed E-state index contributed by atoms with van der Waals surface area (Å²) in [6.45, 7) is 5.55. The third kappa shape index (κ3) is 4.85. The van der Waals surface area contributed by atoms with Gasteiger partial charge >= 0.3 is 0 Å². The van der Waals surface area contributed by atoms with E-state index < -0.39 is 0 Å². The molecular weight excluding hydrogens is 354 g/mol. The lowest BCUT2D eigenvalue weighted by Crippen LogP contribution is -2.45. The molecule has 1 heterocycles. The van der Waals surface area contributed by atoms with Crippen molar-refractivity contribution in [3.63, 3.8) is 0 Å². The largest absolute Gasteiger partial charge is 0.436 e. The Hall–Kier alpha value is -3.41. The molecule has 0 atom stereocenters. The fourth-order valence-electron chi connectivity index (χ4n) is 2.72. The molecule has 2 N–H and O–H groups in total. The SMILES string of the molecule is CC(C)(C)NC(=O)CNC(=O)c1ccccc1-c1ncc(-c2ccccc2)o1. The van der Waals surface area contributed by atoms with E-state index in [1.807, 2.05) is 57.2 Å². The van der Waals surface area contributed by atoms with Crippen LogP contribution in [0, 0.1) is 0 Å². The topological polar surface area (TPSA) is 84.2 Å². The highest BCUT2D eigenvalue weighted by Crippen LogP contribution is 2.28. The van der Waals surface area contributed by atoms with Crippen LogP contribution in [0.4, 0.5) is 0 Å². The number of amides is 2. The molecule has 0 aliphatic rings. The van der Waals surface area contributed by atoms with Gasteiger partial charge in [0.15, 0.2) is 5.76 Å². The maximum absolute atomic E-state index is 12.6. The van der Waals surface area contributed by atoms with E-state index in [1.165, 1.54) is 0 Å². The van der Waals surface area contributed by atoms with E-state index in [0.717, 1.165) is 5.56 Å². The van der Waals surface area contributed by atoms with Gasteiger partial charge in [-0.3, -0.25) is 9.59 Å². The Bertz CT molecular complexity index is 972. The minimum Gasteiger partial charge on any atom is -0.436 e. The van der Waals surface area contributed by atoms with Crippen LogP contribution < -0.4 is 10.6 Å². The van der Waals surface area contributed by atoms with Crippen LogP contribution in [-0.4, -0.2) is 28.9 Å². The molecule has 0 saturated carbocycles. The van der Waals surface area contributed by atoms with Gasteiger partial charge < -0.3 is 15.1 Å². The summed E-state index contributed by atoms with van der Waals surface area (Å²) in [6, 6.07) is 16.6. The van der Waals surface area contributed by atoms with Gasteiger partial charge in [0.05, 0.1) is 18.3 Å². The van der Waals surface area contributed by atoms with Crippen molar-refractivity contribution in [1.29, 1.82) is 0 Å². The summed E-state index contributed by atoms with van der Waals surface area (Å²) in [4.78, 5) is 28.9. The zero-order valence-corrected chi connectivity index (χ0v) is 16.2. The summed E-state index contributed by atoms with van der Waals surface area (Å²) >= 11 is 0. The van der Waals surface area contributed by atoms with Gasteiger partial charge in [0, 0.05) is 16.7 Å². The maximum Gasteiger partial charge on any atom is 0.252 e. The fraction of sp³-hybridized carbons (Fsp3) is 0.227. The number of hydrogen-bond acceptors (Lipinski definition) is 4. The number of hydrogen-bond donors (Lipinski definition) is 2. The predicted molar refractivity (Wildman–Crippen MR) is 108 cm³/mol. The van der Waals surface area contributed by atoms with Gasteiger partial charge in [0.2, 0.25) is 11.8 Å². The molecule has 3 aromatic rings. The average molecular weight is 377 g/mol. The van der Waals surface area contributed by atoms with Crippen molar-refractivity contribution >= 4 is 11.8 Å². The van der Waals surface area contributed by atoms with Crippen LogP contribution in [0.15, 0.2) is 65.2 Å². The van der Waals surface area contributed by atoms with E-state index in [1.54, 1.807) is 24.4 Å². The Balaban J connectivity index is 1.77. The number of nitrogens with zero attached hydrogens (tertiary/aromatic N) is 1. The Labute approximate surface area is 164 Å². The first-order valence-electron chi connectivity index (χ1n) is 9.03. The zero-order chi connectivity index (χ0) is 20.1. The Kier molecular flexibility index (Phi) is 5.59. The lowest BCUT2D eigenvalue weighted by molar-refractivity contribution is -0.121. The van der Waals surface area contributed by atoms with Crippen LogP contribution in [0.5, 0.6) is 0 Å². The van der Waals surface area contributed by atoms with Crippen LogP contribution in [0.1, 0.15) is 31.1 Å². The number of rotatable bonds is 5. The molecule has 0 aliphatic heterocycles. The molecule has 0 spiro atoms. The number of carbonyl (C=O) groups excluding carboxylic acids is 2. The first-order chi connectivity index (χ1) is 13.3. The quantitative estimate of drug-likeness (QED) is 0.711. The average Bonchev–Trinajstić information content (AvgIpc) is 3.15. The lowest BCUT2D eigenvalue weighted by Gasteiger charge is -2.20. The van der Waals surface area contributed by atoms with Gasteiger partial charge in [0.25, 0.3) is 5.91 Å². The third-order valence-electron chi connectivity index (χ3n) is 3.89. The molecule has 2 amide bonds. The molecular formula is C22H23N3O3. The summed E-state index contributed by atoms with van der Waals surface area (Å²) in [6.07, 6.45) is 1.64. The van der Waals surface area contributed by atoms with Crippen molar-refractivity contribution < 1.29 is 14.0 Å². The minimum absolute atomic E-state index is 0.106. The highest BCUT2D eigenvalue weighted by molar-refractivity contribution is 6.01. The summed E-state index contributed by atoms with van der Waals surface area (Å²) in [5.41, 5.74) is 1.51. The van der Waals surface area contributed by atoms with Gasteiger partial charge in [-0.2, -0.15) is 0 Å². The van der Waals surface area contributed by atoms with Crippen LogP contribution >= 0.6 is 0 Å². The molecule has 0 radical (unpaired) electrons. The van der Waals surface area contributed by atoms with Crippen LogP contribution in [0.25, 0.3) is 22.8 Å². The number of aromatic nitrogens is 1. The monoisotopic (exact) mass is 377 g/mol. The van der Waals surface area contributed by atoms with Crippen molar-refractivity contribution in [3.05, 3.63) is 66.4 Å². The fourth-order valence-corrected chi connectivity index (χ4v) is 2.72. The zero-order valence-electron chi connectivity index (χ0n) is 16.2. The molecule has 0 saturated heterocycles. The summed E-state index contributed by atoms with van der Waals surface area (Å²) in [5.74, 6) is 0.360. The highest BCUT2D eigenvalue weighted by atomic mass is 16.4. The Morgan fingerprint density at radius 3 is 2.39 bits per heavy atom. The summed E-state index contributed by atoms with van der Waals surface area (Å²) in [7, 11) is 0. The summed E-state index contributed by atoms with van der Waals surface area (Å²) in [5, 5.41) is 5.46. The molecule has 0 aliphatic carbocycles. The molecule has 28 heavy (non-hydrogen) atoms. The lowest BCUT2D eigenvalue weighted by atomic mass is 10.1. The molecule has 6 heteroatoms. The summed E-state index contributed by atoms with van der Waals surface area (Å²) < 4.78 is 5.87. The van der Waals surface area contributed by atoms with E-state index in [9.17, 15) is 9.59 Å². The normalized spacial score (nSPS) is 11.1. The number of benzene rings is 2. The van der Waals surface area contributed by atoms with Crippen molar-refractivity contribution in [3.8, 4) is 22.8 Å². The van der Waals surface area contributed by atoms with Crippen LogP contribution in [0.3, 0.4) is 0 Å². The Morgan fingerprint density at radius 1 is 1.00 bits per heavy atom. The smallest absolute Gasteiger partial charge is 0.252 e. The first-order valence-corrected chi connectivity index (χ1v) is 9.03. The Morgan fingerprint density at radius 2 is 1.68 bits per heavy atom. The molecule has 144 valence electrons. The van der Waals surface area contributed by atoms with Crippen LogP contribution in [0.2, 0.25) is 0 Å². The van der Waals surface area contributed by atoms with Gasteiger partial charge in [-0.15, -0.1) is 0 Å². The van der Waals surface area contributed by atoms with E-state index in [2.05, 4.69) is 15.6 Å². The number of oxazole rings is 1. The molecule has 0 bridgehead atoms. The van der Waals surface area contributed by atoms with Gasteiger partial charge in [-0.05, 0) is 32.9 Å². The number of carbonyl (C=O) groups is 2. The highest BCUT2D eigenvalue weighted by Gasteiger charge is 2.19. The second-order valence-corrected chi connectivity index (χ2v) is 7.42. The first kappa shape index (κ1) is 19.4. The van der Waals surface area contributed by atoms with Gasteiger partial charge in [-0.25, -0.2) is 4.98 Å². The van der Waals surface area contributed by atoms with Crippen molar-refractivity contribution in [2.45, 2.75) is 26.3 Å². The standard InChI is InChI=1S/C22H23N3O3/c1-22(2,3)25-19(26)14-23-20(27)16-11-7-8-12-17(16)21-24-13-18(28-21)15-9-5-4-6-10-15/h4-13H,14H2,1-3H3,(H,23,27)(H,25,26). The van der Waals surface area contributed by atoms with E-state index in [-0.39, 0.29) is 23.9 Å². The third-order valence-corrected chi connectivity index (χ3v) is 3.89.